The van der Waals surface area contributed by atoms with E-state index in [1.807, 2.05) is 0 Å². The SMILES string of the molecule is CC(C)(C)B(c1ccccc1)C(C)(C)C.O.O. The first-order valence-corrected chi connectivity index (χ1v) is 5.78. The fourth-order valence-electron chi connectivity index (χ4n) is 2.94. The number of hydrogen-bond donors (Lipinski definition) is 0. The summed E-state index contributed by atoms with van der Waals surface area (Å²) in [5.74, 6) is 0. The van der Waals surface area contributed by atoms with Gasteiger partial charge < -0.3 is 11.0 Å². The van der Waals surface area contributed by atoms with Crippen LogP contribution in [0.2, 0.25) is 10.6 Å². The minimum absolute atomic E-state index is 0. The highest BCUT2D eigenvalue weighted by atomic mass is 16.0. The molecule has 98 valence electrons. The number of rotatable bonds is 1. The van der Waals surface area contributed by atoms with E-state index in [2.05, 4.69) is 71.9 Å². The van der Waals surface area contributed by atoms with Gasteiger partial charge in [-0.3, -0.25) is 0 Å². The molecule has 0 saturated heterocycles. The molecule has 0 aliphatic heterocycles. The van der Waals surface area contributed by atoms with Gasteiger partial charge in [0.15, 0.2) is 6.71 Å². The van der Waals surface area contributed by atoms with E-state index in [1.165, 1.54) is 5.46 Å². The average molecular weight is 238 g/mol. The van der Waals surface area contributed by atoms with Crippen molar-refractivity contribution in [2.24, 2.45) is 0 Å². The van der Waals surface area contributed by atoms with Gasteiger partial charge in [0.2, 0.25) is 0 Å². The highest BCUT2D eigenvalue weighted by Gasteiger charge is 2.39. The molecule has 1 rings (SSSR count). The average Bonchev–Trinajstić information content (AvgIpc) is 2.00. The van der Waals surface area contributed by atoms with Crippen LogP contribution in [-0.2, 0) is 0 Å². The van der Waals surface area contributed by atoms with Crippen LogP contribution >= 0.6 is 0 Å². The lowest BCUT2D eigenvalue weighted by molar-refractivity contribution is 0.653. The maximum absolute atomic E-state index is 2.33. The van der Waals surface area contributed by atoms with Crippen molar-refractivity contribution in [3.8, 4) is 0 Å². The molecule has 0 aliphatic carbocycles. The zero-order valence-electron chi connectivity index (χ0n) is 12.0. The van der Waals surface area contributed by atoms with E-state index in [0.29, 0.717) is 17.3 Å². The van der Waals surface area contributed by atoms with Crippen molar-refractivity contribution in [2.45, 2.75) is 52.2 Å². The molecule has 3 heteroatoms. The molecule has 0 unspecified atom stereocenters. The first-order valence-electron chi connectivity index (χ1n) is 5.78. The van der Waals surface area contributed by atoms with Gasteiger partial charge in [0.05, 0.1) is 0 Å². The molecule has 0 heterocycles. The minimum Gasteiger partial charge on any atom is -0.412 e. The summed E-state index contributed by atoms with van der Waals surface area (Å²) in [7, 11) is 0. The Morgan fingerprint density at radius 2 is 1.06 bits per heavy atom. The Morgan fingerprint density at radius 1 is 0.706 bits per heavy atom. The van der Waals surface area contributed by atoms with Crippen molar-refractivity contribution in [1.82, 2.24) is 0 Å². The highest BCUT2D eigenvalue weighted by Crippen LogP contribution is 2.41. The highest BCUT2D eigenvalue weighted by molar-refractivity contribution is 6.78. The molecule has 0 atom stereocenters. The van der Waals surface area contributed by atoms with Gasteiger partial charge >= 0.3 is 0 Å². The molecule has 0 bridgehead atoms. The largest absolute Gasteiger partial charge is 0.412 e. The molecule has 1 aromatic rings. The summed E-state index contributed by atoms with van der Waals surface area (Å²) in [5.41, 5.74) is 1.46. The van der Waals surface area contributed by atoms with Crippen LogP contribution in [0.5, 0.6) is 0 Å². The van der Waals surface area contributed by atoms with E-state index in [1.54, 1.807) is 0 Å². The van der Waals surface area contributed by atoms with Gasteiger partial charge in [-0.25, -0.2) is 0 Å². The Morgan fingerprint density at radius 3 is 1.35 bits per heavy atom. The van der Waals surface area contributed by atoms with Crippen LogP contribution < -0.4 is 5.46 Å². The topological polar surface area (TPSA) is 63.0 Å². The third-order valence-corrected chi connectivity index (χ3v) is 2.86. The van der Waals surface area contributed by atoms with Crippen LogP contribution in [0.15, 0.2) is 30.3 Å². The van der Waals surface area contributed by atoms with Crippen molar-refractivity contribution in [1.29, 1.82) is 0 Å². The molecular formula is C14H27BO2. The molecule has 0 spiro atoms. The monoisotopic (exact) mass is 238 g/mol. The van der Waals surface area contributed by atoms with Gasteiger partial charge in [0, 0.05) is 0 Å². The van der Waals surface area contributed by atoms with Crippen LogP contribution in [0.3, 0.4) is 0 Å². The minimum atomic E-state index is 0. The lowest BCUT2D eigenvalue weighted by Crippen LogP contribution is -2.45. The molecule has 0 aromatic heterocycles. The summed E-state index contributed by atoms with van der Waals surface area (Å²) in [6, 6.07) is 10.9. The van der Waals surface area contributed by atoms with Crippen LogP contribution in [0.4, 0.5) is 0 Å². The third-order valence-electron chi connectivity index (χ3n) is 2.86. The van der Waals surface area contributed by atoms with E-state index in [9.17, 15) is 0 Å². The number of hydrogen-bond acceptors (Lipinski definition) is 0. The Hall–Kier alpha value is -0.795. The van der Waals surface area contributed by atoms with Gasteiger partial charge in [-0.1, -0.05) is 88.0 Å². The maximum Gasteiger partial charge on any atom is 0.186 e. The normalized spacial score (nSPS) is 11.2. The Bertz CT molecular complexity index is 295. The van der Waals surface area contributed by atoms with Crippen molar-refractivity contribution in [3.05, 3.63) is 30.3 Å². The second kappa shape index (κ2) is 6.22. The first kappa shape index (κ1) is 18.6. The summed E-state index contributed by atoms with van der Waals surface area (Å²) in [6.07, 6.45) is 0. The predicted octanol–water partition coefficient (Wildman–Crippen LogP) is 2.34. The van der Waals surface area contributed by atoms with Crippen LogP contribution in [0.1, 0.15) is 41.5 Å². The zero-order chi connectivity index (χ0) is 11.7. The second-order valence-corrected chi connectivity index (χ2v) is 6.58. The smallest absolute Gasteiger partial charge is 0.186 e. The summed E-state index contributed by atoms with van der Waals surface area (Å²) in [6.45, 7) is 14.6. The summed E-state index contributed by atoms with van der Waals surface area (Å²) in [5, 5.41) is 0.610. The molecule has 0 amide bonds. The quantitative estimate of drug-likeness (QED) is 0.674. The second-order valence-electron chi connectivity index (χ2n) is 6.58. The fourth-order valence-corrected chi connectivity index (χ4v) is 2.94. The van der Waals surface area contributed by atoms with Gasteiger partial charge in [0.1, 0.15) is 0 Å². The van der Waals surface area contributed by atoms with Crippen LogP contribution in [0.25, 0.3) is 0 Å². The van der Waals surface area contributed by atoms with E-state index in [4.69, 9.17) is 0 Å². The lowest BCUT2D eigenvalue weighted by Gasteiger charge is -2.38. The lowest BCUT2D eigenvalue weighted by atomic mass is 9.21. The Kier molecular flexibility index (Phi) is 6.80. The Balaban J connectivity index is 0. The van der Waals surface area contributed by atoms with Crippen molar-refractivity contribution < 1.29 is 11.0 Å². The summed E-state index contributed by atoms with van der Waals surface area (Å²) < 4.78 is 0. The molecule has 4 N–H and O–H groups in total. The standard InChI is InChI=1S/C14H23B.2H2O/c1-13(2,3)15(14(4,5)6)12-10-8-7-9-11-12;;/h7-11H,1-6H3;2*1H2. The molecular weight excluding hydrogens is 211 g/mol. The maximum atomic E-state index is 2.33. The van der Waals surface area contributed by atoms with Crippen LogP contribution in [-0.4, -0.2) is 17.7 Å². The van der Waals surface area contributed by atoms with Gasteiger partial charge in [0.25, 0.3) is 0 Å². The molecule has 1 aromatic carbocycles. The van der Waals surface area contributed by atoms with E-state index in [0.717, 1.165) is 0 Å². The Labute approximate surface area is 106 Å². The van der Waals surface area contributed by atoms with Crippen molar-refractivity contribution >= 4 is 12.2 Å². The van der Waals surface area contributed by atoms with Gasteiger partial charge in [-0.05, 0) is 0 Å². The van der Waals surface area contributed by atoms with Crippen LogP contribution in [0, 0.1) is 0 Å². The van der Waals surface area contributed by atoms with Gasteiger partial charge in [-0.2, -0.15) is 0 Å². The molecule has 17 heavy (non-hydrogen) atoms. The predicted molar refractivity (Wildman–Crippen MR) is 78.5 cm³/mol. The third kappa shape index (κ3) is 4.92. The molecule has 0 aliphatic rings. The molecule has 0 fully saturated rings. The fraction of sp³-hybridized carbons (Fsp3) is 0.571. The zero-order valence-corrected chi connectivity index (χ0v) is 12.0. The molecule has 0 radical (unpaired) electrons. The summed E-state index contributed by atoms with van der Waals surface area (Å²) in [4.78, 5) is 0. The van der Waals surface area contributed by atoms with E-state index < -0.39 is 0 Å². The van der Waals surface area contributed by atoms with E-state index in [-0.39, 0.29) is 11.0 Å². The molecule has 2 nitrogen and oxygen atoms in total. The van der Waals surface area contributed by atoms with E-state index >= 15 is 0 Å². The van der Waals surface area contributed by atoms with Crippen molar-refractivity contribution in [3.63, 3.8) is 0 Å². The molecule has 0 saturated carbocycles. The summed E-state index contributed by atoms with van der Waals surface area (Å²) >= 11 is 0. The van der Waals surface area contributed by atoms with Crippen molar-refractivity contribution in [2.75, 3.05) is 0 Å². The first-order chi connectivity index (χ1) is 6.73. The van der Waals surface area contributed by atoms with Gasteiger partial charge in [-0.15, -0.1) is 0 Å². The number of benzene rings is 1.